The molecule has 4 heterocycles. The number of likely N-dealkylation sites (tertiary alicyclic amines) is 1. The number of piperidine rings is 1. The molecule has 0 saturated carbocycles. The fourth-order valence-electron chi connectivity index (χ4n) is 3.99. The highest BCUT2D eigenvalue weighted by Crippen LogP contribution is 2.28. The van der Waals surface area contributed by atoms with Gasteiger partial charge >= 0.3 is 0 Å². The van der Waals surface area contributed by atoms with E-state index in [4.69, 9.17) is 0 Å². The summed E-state index contributed by atoms with van der Waals surface area (Å²) >= 11 is 1.52. The quantitative estimate of drug-likeness (QED) is 0.528. The van der Waals surface area contributed by atoms with Crippen molar-refractivity contribution in [3.63, 3.8) is 0 Å². The molecule has 1 aliphatic rings. The Morgan fingerprint density at radius 1 is 1.20 bits per heavy atom. The second-order valence-corrected chi connectivity index (χ2v) is 8.60. The summed E-state index contributed by atoms with van der Waals surface area (Å²) in [6.07, 6.45) is 5.13. The molecule has 4 aromatic rings. The number of pyridine rings is 2. The van der Waals surface area contributed by atoms with E-state index in [2.05, 4.69) is 25.9 Å². The van der Waals surface area contributed by atoms with Gasteiger partial charge in [0.15, 0.2) is 0 Å². The summed E-state index contributed by atoms with van der Waals surface area (Å²) in [5.41, 5.74) is 4.06. The zero-order chi connectivity index (χ0) is 20.5. The van der Waals surface area contributed by atoms with Crippen LogP contribution >= 0.6 is 11.3 Å². The van der Waals surface area contributed by atoms with E-state index in [1.165, 1.54) is 11.3 Å². The molecule has 0 spiro atoms. The lowest BCUT2D eigenvalue weighted by Crippen LogP contribution is -2.37. The molecule has 30 heavy (non-hydrogen) atoms. The molecule has 152 valence electrons. The van der Waals surface area contributed by atoms with Crippen molar-refractivity contribution in [2.24, 2.45) is 0 Å². The van der Waals surface area contributed by atoms with Gasteiger partial charge in [0.05, 0.1) is 17.4 Å². The molecule has 6 nitrogen and oxygen atoms in total. The fraction of sp³-hybridized carbons (Fsp3) is 0.261. The van der Waals surface area contributed by atoms with Crippen LogP contribution in [0.25, 0.3) is 32.7 Å². The van der Waals surface area contributed by atoms with Gasteiger partial charge < -0.3 is 10.1 Å². The average Bonchev–Trinajstić information content (AvgIpc) is 3.24. The van der Waals surface area contributed by atoms with E-state index in [9.17, 15) is 9.90 Å². The van der Waals surface area contributed by atoms with Gasteiger partial charge in [-0.25, -0.2) is 4.98 Å². The van der Waals surface area contributed by atoms with Gasteiger partial charge in [0.25, 0.3) is 5.56 Å². The van der Waals surface area contributed by atoms with Crippen LogP contribution in [0.3, 0.4) is 0 Å². The summed E-state index contributed by atoms with van der Waals surface area (Å²) in [7, 11) is 0. The number of aromatic amines is 1. The van der Waals surface area contributed by atoms with E-state index in [1.807, 2.05) is 35.7 Å². The summed E-state index contributed by atoms with van der Waals surface area (Å²) < 4.78 is 0. The standard InChI is InChI=1S/C23H22N4O2S/c28-18-2-1-9-27(13-18)12-15-3-4-17-11-19(22(29)25-20(17)10-15)21-14-30-23(26-21)16-5-7-24-8-6-16/h3-8,10-11,14,18,28H,1-2,9,12-13H2,(H,25,29). The number of hydrogen-bond acceptors (Lipinski definition) is 6. The van der Waals surface area contributed by atoms with Crippen molar-refractivity contribution < 1.29 is 5.11 Å². The topological polar surface area (TPSA) is 82.1 Å². The molecule has 1 atom stereocenters. The van der Waals surface area contributed by atoms with Crippen LogP contribution in [0.15, 0.2) is 59.0 Å². The third-order valence-electron chi connectivity index (χ3n) is 5.50. The van der Waals surface area contributed by atoms with Gasteiger partial charge in [0.2, 0.25) is 0 Å². The molecule has 1 fully saturated rings. The van der Waals surface area contributed by atoms with E-state index in [0.29, 0.717) is 17.8 Å². The summed E-state index contributed by atoms with van der Waals surface area (Å²) in [5.74, 6) is 0. The maximum absolute atomic E-state index is 12.8. The smallest absolute Gasteiger partial charge is 0.257 e. The van der Waals surface area contributed by atoms with E-state index in [1.54, 1.807) is 12.4 Å². The predicted octanol–water partition coefficient (Wildman–Crippen LogP) is 3.67. The Kier molecular flexibility index (Phi) is 5.16. The Balaban J connectivity index is 1.43. The molecule has 1 saturated heterocycles. The molecule has 2 N–H and O–H groups in total. The van der Waals surface area contributed by atoms with Gasteiger partial charge in [-0.3, -0.25) is 14.7 Å². The first kappa shape index (κ1) is 19.1. The van der Waals surface area contributed by atoms with Crippen molar-refractivity contribution in [2.45, 2.75) is 25.5 Å². The number of nitrogens with zero attached hydrogens (tertiary/aromatic N) is 3. The number of hydrogen-bond donors (Lipinski definition) is 2. The normalized spacial score (nSPS) is 17.4. The number of aliphatic hydroxyl groups is 1. The monoisotopic (exact) mass is 418 g/mol. The zero-order valence-corrected chi connectivity index (χ0v) is 17.2. The van der Waals surface area contributed by atoms with Crippen molar-refractivity contribution in [1.82, 2.24) is 19.9 Å². The number of aliphatic hydroxyl groups excluding tert-OH is 1. The minimum atomic E-state index is -0.239. The maximum Gasteiger partial charge on any atom is 0.257 e. The number of aromatic nitrogens is 3. The first-order valence-electron chi connectivity index (χ1n) is 10.1. The highest BCUT2D eigenvalue weighted by molar-refractivity contribution is 7.13. The second-order valence-electron chi connectivity index (χ2n) is 7.74. The highest BCUT2D eigenvalue weighted by atomic mass is 32.1. The Hall–Kier alpha value is -2.87. The molecule has 1 aromatic carbocycles. The third kappa shape index (κ3) is 3.92. The fourth-order valence-corrected chi connectivity index (χ4v) is 4.82. The Labute approximate surface area is 177 Å². The van der Waals surface area contributed by atoms with E-state index in [0.717, 1.165) is 53.0 Å². The molecule has 3 aromatic heterocycles. The zero-order valence-electron chi connectivity index (χ0n) is 16.4. The van der Waals surface area contributed by atoms with Crippen LogP contribution in [0, 0.1) is 0 Å². The minimum absolute atomic E-state index is 0.139. The number of rotatable bonds is 4. The van der Waals surface area contributed by atoms with E-state index < -0.39 is 0 Å². The van der Waals surface area contributed by atoms with Gasteiger partial charge in [0, 0.05) is 41.9 Å². The Bertz CT molecular complexity index is 1230. The number of H-pyrrole nitrogens is 1. The summed E-state index contributed by atoms with van der Waals surface area (Å²) in [5, 5.41) is 13.6. The summed E-state index contributed by atoms with van der Waals surface area (Å²) in [6, 6.07) is 11.9. The molecule has 7 heteroatoms. The Morgan fingerprint density at radius 2 is 2.07 bits per heavy atom. The molecule has 1 aliphatic heterocycles. The van der Waals surface area contributed by atoms with E-state index >= 15 is 0 Å². The maximum atomic E-state index is 12.8. The van der Waals surface area contributed by atoms with Gasteiger partial charge in [-0.05, 0) is 54.6 Å². The van der Waals surface area contributed by atoms with Crippen molar-refractivity contribution in [3.8, 4) is 21.8 Å². The van der Waals surface area contributed by atoms with Gasteiger partial charge in [0.1, 0.15) is 5.01 Å². The van der Waals surface area contributed by atoms with Crippen molar-refractivity contribution >= 4 is 22.2 Å². The van der Waals surface area contributed by atoms with Crippen molar-refractivity contribution in [2.75, 3.05) is 13.1 Å². The molecule has 5 rings (SSSR count). The average molecular weight is 419 g/mol. The first-order valence-corrected chi connectivity index (χ1v) is 11.0. The van der Waals surface area contributed by atoms with Crippen LogP contribution in [0.4, 0.5) is 0 Å². The molecule has 0 aliphatic carbocycles. The lowest BCUT2D eigenvalue weighted by atomic mass is 10.1. The van der Waals surface area contributed by atoms with Crippen LogP contribution in [0.2, 0.25) is 0 Å². The highest BCUT2D eigenvalue weighted by Gasteiger charge is 2.18. The summed E-state index contributed by atoms with van der Waals surface area (Å²) in [6.45, 7) is 2.48. The largest absolute Gasteiger partial charge is 0.392 e. The number of fused-ring (bicyclic) bond motifs is 1. The first-order chi connectivity index (χ1) is 14.7. The van der Waals surface area contributed by atoms with Crippen LogP contribution in [0.1, 0.15) is 18.4 Å². The number of β-amino-alcohol motifs (C(OH)–C–C–N with tert-alkyl or cyclic N) is 1. The van der Waals surface area contributed by atoms with Crippen LogP contribution in [-0.4, -0.2) is 44.2 Å². The van der Waals surface area contributed by atoms with Crippen LogP contribution < -0.4 is 5.56 Å². The third-order valence-corrected chi connectivity index (χ3v) is 6.40. The van der Waals surface area contributed by atoms with Crippen LogP contribution in [0.5, 0.6) is 0 Å². The molecule has 0 amide bonds. The lowest BCUT2D eigenvalue weighted by Gasteiger charge is -2.30. The molecular weight excluding hydrogens is 396 g/mol. The van der Waals surface area contributed by atoms with Gasteiger partial charge in [-0.2, -0.15) is 0 Å². The van der Waals surface area contributed by atoms with Gasteiger partial charge in [-0.15, -0.1) is 11.3 Å². The van der Waals surface area contributed by atoms with E-state index in [-0.39, 0.29) is 11.7 Å². The Morgan fingerprint density at radius 3 is 2.90 bits per heavy atom. The van der Waals surface area contributed by atoms with Crippen LogP contribution in [-0.2, 0) is 6.54 Å². The molecule has 1 unspecified atom stereocenters. The van der Waals surface area contributed by atoms with Crippen molar-refractivity contribution in [3.05, 3.63) is 70.1 Å². The molecular formula is C23H22N4O2S. The number of thiazole rings is 1. The SMILES string of the molecule is O=c1[nH]c2cc(CN3CCCC(O)C3)ccc2cc1-c1csc(-c2ccncc2)n1. The molecule has 0 bridgehead atoms. The van der Waals surface area contributed by atoms with Crippen molar-refractivity contribution in [1.29, 1.82) is 0 Å². The molecule has 0 radical (unpaired) electrons. The van der Waals surface area contributed by atoms with Gasteiger partial charge in [-0.1, -0.05) is 12.1 Å². The second kappa shape index (κ2) is 8.10. The number of benzene rings is 1. The minimum Gasteiger partial charge on any atom is -0.392 e. The predicted molar refractivity (Wildman–Crippen MR) is 119 cm³/mol. The summed E-state index contributed by atoms with van der Waals surface area (Å²) in [4.78, 5) is 26.8. The lowest BCUT2D eigenvalue weighted by molar-refractivity contribution is 0.0668. The number of nitrogens with one attached hydrogen (secondary N) is 1.